The third-order valence-electron chi connectivity index (χ3n) is 1.77. The summed E-state index contributed by atoms with van der Waals surface area (Å²) in [5.74, 6) is 0.988. The Morgan fingerprint density at radius 3 is 1.67 bits per heavy atom. The van der Waals surface area contributed by atoms with E-state index in [0.717, 1.165) is 12.8 Å². The van der Waals surface area contributed by atoms with Crippen LogP contribution < -0.4 is 5.73 Å². The molecule has 0 aliphatic heterocycles. The highest BCUT2D eigenvalue weighted by molar-refractivity contribution is 5.05. The fraction of sp³-hybridized carbons (Fsp3) is 0.900. The molecule has 0 heterocycles. The molecule has 0 bridgehead atoms. The molecule has 0 atom stereocenters. The minimum absolute atomic E-state index is 0.494. The van der Waals surface area contributed by atoms with E-state index in [0.29, 0.717) is 11.8 Å². The summed E-state index contributed by atoms with van der Waals surface area (Å²) in [5.41, 5.74) is 5.33. The molecule has 0 aromatic rings. The Balaban J connectivity index is 4.17. The summed E-state index contributed by atoms with van der Waals surface area (Å²) in [5, 5.41) is 8.91. The van der Waals surface area contributed by atoms with E-state index in [-0.39, 0.29) is 0 Å². The summed E-state index contributed by atoms with van der Waals surface area (Å²) in [7, 11) is 0. The second-order valence-corrected chi connectivity index (χ2v) is 4.46. The van der Waals surface area contributed by atoms with Crippen LogP contribution in [0.15, 0.2) is 0 Å². The molecule has 0 rings (SSSR count). The van der Waals surface area contributed by atoms with Gasteiger partial charge in [-0.1, -0.05) is 27.7 Å². The highest BCUT2D eigenvalue weighted by atomic mass is 14.7. The number of nitrogens with zero attached hydrogens (tertiary/aromatic N) is 1. The van der Waals surface area contributed by atoms with Crippen molar-refractivity contribution >= 4 is 0 Å². The Labute approximate surface area is 75.8 Å². The molecule has 0 saturated carbocycles. The van der Waals surface area contributed by atoms with Gasteiger partial charge in [0.05, 0.1) is 6.07 Å². The SMILES string of the molecule is CC(C)CC(N)(C#N)CC(C)C. The Bertz CT molecular complexity index is 155. The second kappa shape index (κ2) is 4.47. The summed E-state index contributed by atoms with van der Waals surface area (Å²) in [6.07, 6.45) is 1.59. The molecule has 0 unspecified atom stereocenters. The third-order valence-corrected chi connectivity index (χ3v) is 1.77. The molecule has 0 amide bonds. The first-order valence-corrected chi connectivity index (χ1v) is 4.60. The van der Waals surface area contributed by atoms with Gasteiger partial charge in [-0.15, -0.1) is 0 Å². The third kappa shape index (κ3) is 4.35. The Kier molecular flexibility index (Phi) is 4.26. The van der Waals surface area contributed by atoms with Gasteiger partial charge in [0.15, 0.2) is 0 Å². The summed E-state index contributed by atoms with van der Waals surface area (Å²) >= 11 is 0. The average molecular weight is 168 g/mol. The Hall–Kier alpha value is -0.550. The van der Waals surface area contributed by atoms with Gasteiger partial charge < -0.3 is 5.73 Å². The van der Waals surface area contributed by atoms with Crippen molar-refractivity contribution in [1.29, 1.82) is 5.26 Å². The zero-order valence-electron chi connectivity index (χ0n) is 8.59. The Morgan fingerprint density at radius 1 is 1.17 bits per heavy atom. The summed E-state index contributed by atoms with van der Waals surface area (Å²) in [4.78, 5) is 0. The Morgan fingerprint density at radius 2 is 1.50 bits per heavy atom. The molecule has 2 N–H and O–H groups in total. The molecular weight excluding hydrogens is 148 g/mol. The molecule has 70 valence electrons. The smallest absolute Gasteiger partial charge is 0.104 e. The molecule has 2 heteroatoms. The number of hydrogen-bond acceptors (Lipinski definition) is 2. The van der Waals surface area contributed by atoms with Crippen molar-refractivity contribution in [3.63, 3.8) is 0 Å². The lowest BCUT2D eigenvalue weighted by atomic mass is 9.84. The van der Waals surface area contributed by atoms with E-state index in [4.69, 9.17) is 11.0 Å². The van der Waals surface area contributed by atoms with E-state index in [1.165, 1.54) is 0 Å². The average Bonchev–Trinajstić information content (AvgIpc) is 1.83. The van der Waals surface area contributed by atoms with Crippen LogP contribution in [0.4, 0.5) is 0 Å². The van der Waals surface area contributed by atoms with Gasteiger partial charge in [-0.05, 0) is 24.7 Å². The lowest BCUT2D eigenvalue weighted by molar-refractivity contribution is 0.352. The predicted octanol–water partition coefficient (Wildman–Crippen LogP) is 2.30. The highest BCUT2D eigenvalue weighted by Gasteiger charge is 2.26. The maximum absolute atomic E-state index is 8.91. The molecule has 0 aromatic heterocycles. The fourth-order valence-electron chi connectivity index (χ4n) is 1.63. The zero-order valence-corrected chi connectivity index (χ0v) is 8.59. The van der Waals surface area contributed by atoms with Crippen molar-refractivity contribution in [3.8, 4) is 6.07 Å². The molecule has 0 spiro atoms. The van der Waals surface area contributed by atoms with Crippen LogP contribution >= 0.6 is 0 Å². The number of nitriles is 1. The monoisotopic (exact) mass is 168 g/mol. The second-order valence-electron chi connectivity index (χ2n) is 4.46. The largest absolute Gasteiger partial charge is 0.313 e. The van der Waals surface area contributed by atoms with Gasteiger partial charge in [-0.25, -0.2) is 0 Å². The van der Waals surface area contributed by atoms with Gasteiger partial charge in [0, 0.05) is 0 Å². The van der Waals surface area contributed by atoms with Gasteiger partial charge >= 0.3 is 0 Å². The van der Waals surface area contributed by atoms with Gasteiger partial charge in [0.2, 0.25) is 0 Å². The topological polar surface area (TPSA) is 49.8 Å². The van der Waals surface area contributed by atoms with Crippen LogP contribution in [-0.2, 0) is 0 Å². The van der Waals surface area contributed by atoms with Crippen molar-refractivity contribution in [3.05, 3.63) is 0 Å². The van der Waals surface area contributed by atoms with E-state index >= 15 is 0 Å². The number of hydrogen-bond donors (Lipinski definition) is 1. The molecule has 2 nitrogen and oxygen atoms in total. The van der Waals surface area contributed by atoms with Gasteiger partial charge in [0.25, 0.3) is 0 Å². The van der Waals surface area contributed by atoms with E-state index in [2.05, 4.69) is 33.8 Å². The minimum Gasteiger partial charge on any atom is -0.313 e. The van der Waals surface area contributed by atoms with Crippen LogP contribution in [0.25, 0.3) is 0 Å². The first-order valence-electron chi connectivity index (χ1n) is 4.60. The van der Waals surface area contributed by atoms with Crippen molar-refractivity contribution in [1.82, 2.24) is 0 Å². The number of nitrogens with two attached hydrogens (primary N) is 1. The van der Waals surface area contributed by atoms with E-state index in [9.17, 15) is 0 Å². The molecule has 0 aliphatic carbocycles. The minimum atomic E-state index is -0.609. The quantitative estimate of drug-likeness (QED) is 0.700. The zero-order chi connectivity index (χ0) is 9.78. The van der Waals surface area contributed by atoms with Crippen molar-refractivity contribution in [2.24, 2.45) is 17.6 Å². The lowest BCUT2D eigenvalue weighted by Crippen LogP contribution is -2.40. The summed E-state index contributed by atoms with van der Waals surface area (Å²) < 4.78 is 0. The van der Waals surface area contributed by atoms with Gasteiger partial charge in [-0.2, -0.15) is 5.26 Å². The first-order chi connectivity index (χ1) is 5.39. The van der Waals surface area contributed by atoms with Crippen molar-refractivity contribution < 1.29 is 0 Å². The molecule has 0 saturated heterocycles. The van der Waals surface area contributed by atoms with Gasteiger partial charge in [-0.3, -0.25) is 0 Å². The maximum Gasteiger partial charge on any atom is 0.104 e. The molecule has 0 radical (unpaired) electrons. The van der Waals surface area contributed by atoms with Crippen LogP contribution in [0, 0.1) is 23.2 Å². The molecule has 0 fully saturated rings. The van der Waals surface area contributed by atoms with E-state index in [1.54, 1.807) is 0 Å². The van der Waals surface area contributed by atoms with Crippen LogP contribution in [0.3, 0.4) is 0 Å². The fourth-order valence-corrected chi connectivity index (χ4v) is 1.63. The van der Waals surface area contributed by atoms with Gasteiger partial charge in [0.1, 0.15) is 5.54 Å². The van der Waals surface area contributed by atoms with Crippen molar-refractivity contribution in [2.45, 2.75) is 46.1 Å². The highest BCUT2D eigenvalue weighted by Crippen LogP contribution is 2.21. The van der Waals surface area contributed by atoms with Crippen LogP contribution in [-0.4, -0.2) is 5.54 Å². The normalized spacial score (nSPS) is 12.2. The summed E-state index contributed by atoms with van der Waals surface area (Å²) in [6.45, 7) is 8.39. The molecular formula is C10H20N2. The van der Waals surface area contributed by atoms with E-state index < -0.39 is 5.54 Å². The number of rotatable bonds is 4. The van der Waals surface area contributed by atoms with Crippen LogP contribution in [0.5, 0.6) is 0 Å². The van der Waals surface area contributed by atoms with Crippen LogP contribution in [0.2, 0.25) is 0 Å². The first kappa shape index (κ1) is 11.4. The van der Waals surface area contributed by atoms with Crippen molar-refractivity contribution in [2.75, 3.05) is 0 Å². The van der Waals surface area contributed by atoms with E-state index in [1.807, 2.05) is 0 Å². The molecule has 0 aromatic carbocycles. The maximum atomic E-state index is 8.91. The lowest BCUT2D eigenvalue weighted by Gasteiger charge is -2.25. The molecule has 0 aliphatic rings. The van der Waals surface area contributed by atoms with Crippen LogP contribution in [0.1, 0.15) is 40.5 Å². The summed E-state index contributed by atoms with van der Waals surface area (Å²) in [6, 6.07) is 2.22. The standard InChI is InChI=1S/C10H20N2/c1-8(2)5-10(12,7-11)6-9(3)4/h8-9H,5-6,12H2,1-4H3. The predicted molar refractivity (Wildman–Crippen MR) is 51.4 cm³/mol. The molecule has 12 heavy (non-hydrogen) atoms.